The number of benzene rings is 1. The van der Waals surface area contributed by atoms with Gasteiger partial charge >= 0.3 is 0 Å². The first-order chi connectivity index (χ1) is 9.97. The summed E-state index contributed by atoms with van der Waals surface area (Å²) < 4.78 is 5.44. The molecule has 1 amide bonds. The van der Waals surface area contributed by atoms with Crippen molar-refractivity contribution >= 4 is 29.1 Å². The van der Waals surface area contributed by atoms with Crippen LogP contribution in [0.3, 0.4) is 0 Å². The lowest BCUT2D eigenvalue weighted by Gasteiger charge is -2.17. The van der Waals surface area contributed by atoms with E-state index in [1.54, 1.807) is 30.1 Å². The number of likely N-dealkylation sites (tertiary alicyclic amines) is 1. The van der Waals surface area contributed by atoms with E-state index in [1.807, 2.05) is 0 Å². The van der Waals surface area contributed by atoms with Gasteiger partial charge in [-0.25, -0.2) is 0 Å². The number of amides is 1. The van der Waals surface area contributed by atoms with Crippen molar-refractivity contribution in [1.29, 1.82) is 0 Å². The molecule has 5 nitrogen and oxygen atoms in total. The Bertz CT molecular complexity index is 513. The van der Waals surface area contributed by atoms with Crippen molar-refractivity contribution in [2.75, 3.05) is 26.7 Å². The van der Waals surface area contributed by atoms with E-state index in [-0.39, 0.29) is 25.1 Å². The first kappa shape index (κ1) is 16.4. The van der Waals surface area contributed by atoms with Crippen molar-refractivity contribution in [2.24, 2.45) is 0 Å². The van der Waals surface area contributed by atoms with Crippen LogP contribution in [0.1, 0.15) is 6.42 Å². The molecule has 0 bridgehead atoms. The van der Waals surface area contributed by atoms with Crippen LogP contribution in [0.2, 0.25) is 10.0 Å². The van der Waals surface area contributed by atoms with Crippen molar-refractivity contribution in [1.82, 2.24) is 10.2 Å². The second-order valence-electron chi connectivity index (χ2n) is 5.05. The number of halogens is 2. The highest BCUT2D eigenvalue weighted by molar-refractivity contribution is 6.34. The van der Waals surface area contributed by atoms with Crippen LogP contribution < -0.4 is 10.1 Å². The molecule has 0 radical (unpaired) electrons. The van der Waals surface area contributed by atoms with Crippen LogP contribution in [0.15, 0.2) is 18.2 Å². The number of nitrogens with zero attached hydrogens (tertiary/aromatic N) is 1. The van der Waals surface area contributed by atoms with E-state index in [0.717, 1.165) is 13.0 Å². The molecule has 0 aliphatic carbocycles. The van der Waals surface area contributed by atoms with Gasteiger partial charge in [0.15, 0.2) is 0 Å². The predicted molar refractivity (Wildman–Crippen MR) is 82.0 cm³/mol. The average molecular weight is 333 g/mol. The zero-order chi connectivity index (χ0) is 15.4. The van der Waals surface area contributed by atoms with Crippen molar-refractivity contribution < 1.29 is 14.6 Å². The van der Waals surface area contributed by atoms with Gasteiger partial charge in [-0.1, -0.05) is 23.2 Å². The van der Waals surface area contributed by atoms with Crippen LogP contribution >= 0.6 is 23.2 Å². The minimum Gasteiger partial charge on any atom is -0.489 e. The summed E-state index contributed by atoms with van der Waals surface area (Å²) in [4.78, 5) is 13.4. The predicted octanol–water partition coefficient (Wildman–Crippen LogP) is 1.55. The van der Waals surface area contributed by atoms with Crippen LogP contribution in [0.5, 0.6) is 5.75 Å². The molecule has 0 spiro atoms. The van der Waals surface area contributed by atoms with E-state index in [1.165, 1.54) is 0 Å². The van der Waals surface area contributed by atoms with Gasteiger partial charge in [0.1, 0.15) is 18.5 Å². The second kappa shape index (κ2) is 7.31. The van der Waals surface area contributed by atoms with Gasteiger partial charge in [-0.2, -0.15) is 0 Å². The van der Waals surface area contributed by atoms with Crippen LogP contribution in [0.4, 0.5) is 0 Å². The summed E-state index contributed by atoms with van der Waals surface area (Å²) in [5, 5.41) is 13.9. The number of carbonyl (C=O) groups excluding carboxylic acids is 1. The Kier molecular flexibility index (Phi) is 5.70. The third-order valence-corrected chi connectivity index (χ3v) is 3.90. The lowest BCUT2D eigenvalue weighted by atomic mass is 10.2. The molecule has 116 valence electrons. The summed E-state index contributed by atoms with van der Waals surface area (Å²) in [6.45, 7) is 1.09. The van der Waals surface area contributed by atoms with E-state index < -0.39 is 6.10 Å². The first-order valence-corrected chi connectivity index (χ1v) is 7.47. The van der Waals surface area contributed by atoms with E-state index >= 15 is 0 Å². The lowest BCUT2D eigenvalue weighted by molar-refractivity contribution is -0.128. The van der Waals surface area contributed by atoms with E-state index in [9.17, 15) is 9.90 Å². The molecule has 2 atom stereocenters. The molecule has 0 saturated carbocycles. The van der Waals surface area contributed by atoms with E-state index in [0.29, 0.717) is 15.8 Å². The Morgan fingerprint density at radius 3 is 2.95 bits per heavy atom. The van der Waals surface area contributed by atoms with Crippen molar-refractivity contribution in [2.45, 2.75) is 18.6 Å². The van der Waals surface area contributed by atoms with Gasteiger partial charge in [0.25, 0.3) is 0 Å². The van der Waals surface area contributed by atoms with Crippen LogP contribution in [-0.4, -0.2) is 54.8 Å². The Labute approximate surface area is 133 Å². The zero-order valence-corrected chi connectivity index (χ0v) is 13.2. The van der Waals surface area contributed by atoms with Crippen molar-refractivity contribution in [3.05, 3.63) is 28.2 Å². The maximum Gasteiger partial charge on any atom is 0.239 e. The van der Waals surface area contributed by atoms with Gasteiger partial charge < -0.3 is 20.1 Å². The highest BCUT2D eigenvalue weighted by Crippen LogP contribution is 2.27. The minimum absolute atomic E-state index is 0.0565. The Morgan fingerprint density at radius 1 is 1.52 bits per heavy atom. The van der Waals surface area contributed by atoms with Crippen LogP contribution in [0, 0.1) is 0 Å². The third kappa shape index (κ3) is 4.48. The van der Waals surface area contributed by atoms with Crippen LogP contribution in [0.25, 0.3) is 0 Å². The van der Waals surface area contributed by atoms with E-state index in [4.69, 9.17) is 27.9 Å². The summed E-state index contributed by atoms with van der Waals surface area (Å²) in [5.41, 5.74) is 0. The second-order valence-corrected chi connectivity index (χ2v) is 5.89. The van der Waals surface area contributed by atoms with Gasteiger partial charge in [-0.05, 0) is 18.6 Å². The molecule has 1 fully saturated rings. The van der Waals surface area contributed by atoms with Crippen molar-refractivity contribution in [3.63, 3.8) is 0 Å². The zero-order valence-electron chi connectivity index (χ0n) is 11.7. The normalized spacial score (nSPS) is 19.9. The maximum absolute atomic E-state index is 11.7. The van der Waals surface area contributed by atoms with E-state index in [2.05, 4.69) is 5.32 Å². The Morgan fingerprint density at radius 2 is 2.29 bits per heavy atom. The number of rotatable bonds is 6. The standard InChI is InChI=1S/C14H18Cl2N2O3/c1-18-5-4-12(14(18)20)17-7-10(19)8-21-13-6-9(15)2-3-11(13)16/h2-3,6,10,12,17,19H,4-5,7-8H2,1H3. The number of likely N-dealkylation sites (N-methyl/N-ethyl adjacent to an activating group) is 1. The van der Waals surface area contributed by atoms with Crippen LogP contribution in [-0.2, 0) is 4.79 Å². The lowest BCUT2D eigenvalue weighted by Crippen LogP contribution is -2.42. The fourth-order valence-electron chi connectivity index (χ4n) is 2.12. The first-order valence-electron chi connectivity index (χ1n) is 6.71. The molecular formula is C14H18Cl2N2O3. The number of aliphatic hydroxyl groups excluding tert-OH is 1. The number of hydrogen-bond donors (Lipinski definition) is 2. The molecular weight excluding hydrogens is 315 g/mol. The smallest absolute Gasteiger partial charge is 0.239 e. The highest BCUT2D eigenvalue weighted by atomic mass is 35.5. The van der Waals surface area contributed by atoms with Crippen molar-refractivity contribution in [3.8, 4) is 5.75 Å². The fraction of sp³-hybridized carbons (Fsp3) is 0.500. The van der Waals surface area contributed by atoms with Gasteiger partial charge in [0.05, 0.1) is 11.1 Å². The molecule has 7 heteroatoms. The topological polar surface area (TPSA) is 61.8 Å². The molecule has 1 heterocycles. The average Bonchev–Trinajstić information content (AvgIpc) is 2.77. The highest BCUT2D eigenvalue weighted by Gasteiger charge is 2.28. The number of nitrogens with one attached hydrogen (secondary N) is 1. The molecule has 0 aromatic heterocycles. The minimum atomic E-state index is -0.737. The molecule has 1 aliphatic heterocycles. The van der Waals surface area contributed by atoms with Gasteiger partial charge in [0.2, 0.25) is 5.91 Å². The molecule has 1 saturated heterocycles. The monoisotopic (exact) mass is 332 g/mol. The van der Waals surface area contributed by atoms with Gasteiger partial charge in [-0.15, -0.1) is 0 Å². The molecule has 1 aromatic rings. The fourth-order valence-corrected chi connectivity index (χ4v) is 2.46. The van der Waals surface area contributed by atoms with Gasteiger partial charge in [0, 0.05) is 31.2 Å². The number of ether oxygens (including phenoxy) is 1. The molecule has 2 unspecified atom stereocenters. The SMILES string of the molecule is CN1CCC(NCC(O)COc2cc(Cl)ccc2Cl)C1=O. The molecule has 21 heavy (non-hydrogen) atoms. The Hall–Kier alpha value is -1.01. The maximum atomic E-state index is 11.7. The Balaban J connectivity index is 1.76. The number of aliphatic hydroxyl groups is 1. The summed E-state index contributed by atoms with van der Waals surface area (Å²) in [5.74, 6) is 0.487. The molecule has 2 rings (SSSR count). The number of carbonyl (C=O) groups is 1. The third-order valence-electron chi connectivity index (χ3n) is 3.35. The quantitative estimate of drug-likeness (QED) is 0.829. The largest absolute Gasteiger partial charge is 0.489 e. The molecule has 2 N–H and O–H groups in total. The summed E-state index contributed by atoms with van der Waals surface area (Å²) in [6, 6.07) is 4.67. The molecule has 1 aromatic carbocycles. The summed E-state index contributed by atoms with van der Waals surface area (Å²) >= 11 is 11.8. The van der Waals surface area contributed by atoms with Gasteiger partial charge in [-0.3, -0.25) is 4.79 Å². The molecule has 1 aliphatic rings. The summed E-state index contributed by atoms with van der Waals surface area (Å²) in [7, 11) is 1.77. The number of hydrogen-bond acceptors (Lipinski definition) is 4. The summed E-state index contributed by atoms with van der Waals surface area (Å²) in [6.07, 6.45) is 0.0157.